The molecule has 0 spiro atoms. The largest absolute Gasteiger partial charge is 0.481 e. The third-order valence-corrected chi connectivity index (χ3v) is 4.58. The van der Waals surface area contributed by atoms with E-state index in [2.05, 4.69) is 5.32 Å². The van der Waals surface area contributed by atoms with Crippen molar-refractivity contribution in [1.82, 2.24) is 5.32 Å². The molecule has 104 valence electrons. The first kappa shape index (κ1) is 14.1. The van der Waals surface area contributed by atoms with Crippen molar-refractivity contribution < 1.29 is 14.7 Å². The first-order chi connectivity index (χ1) is 9.16. The lowest BCUT2D eigenvalue weighted by molar-refractivity contribution is -0.136. The minimum Gasteiger partial charge on any atom is -0.481 e. The van der Waals surface area contributed by atoms with Crippen LogP contribution in [0.25, 0.3) is 0 Å². The van der Waals surface area contributed by atoms with Crippen LogP contribution in [-0.4, -0.2) is 23.5 Å². The summed E-state index contributed by atoms with van der Waals surface area (Å²) in [6.07, 6.45) is 7.05. The van der Waals surface area contributed by atoms with Gasteiger partial charge in [0.25, 0.3) is 5.91 Å². The molecule has 1 aliphatic rings. The molecule has 2 N–H and O–H groups in total. The summed E-state index contributed by atoms with van der Waals surface area (Å²) in [7, 11) is 0. The van der Waals surface area contributed by atoms with Gasteiger partial charge in [-0.1, -0.05) is 12.8 Å². The van der Waals surface area contributed by atoms with Crippen molar-refractivity contribution in [2.45, 2.75) is 44.9 Å². The summed E-state index contributed by atoms with van der Waals surface area (Å²) in [6, 6.07) is 1.99. The maximum atomic E-state index is 11.9. The molecular formula is C14H19NO3S. The van der Waals surface area contributed by atoms with Crippen LogP contribution in [0.1, 0.15) is 52.2 Å². The molecule has 1 amide bonds. The van der Waals surface area contributed by atoms with Crippen molar-refractivity contribution in [1.29, 1.82) is 0 Å². The molecule has 19 heavy (non-hydrogen) atoms. The molecule has 2 rings (SSSR count). The van der Waals surface area contributed by atoms with E-state index in [9.17, 15) is 9.59 Å². The smallest absolute Gasteiger partial charge is 0.305 e. The van der Waals surface area contributed by atoms with Gasteiger partial charge in [0.1, 0.15) is 0 Å². The SMILES string of the molecule is O=C(O)CCNC(=O)c1cc2c(s1)CCCCCC2. The Labute approximate surface area is 116 Å². The van der Waals surface area contributed by atoms with E-state index in [1.807, 2.05) is 6.07 Å². The zero-order valence-electron chi connectivity index (χ0n) is 10.9. The number of thiophene rings is 1. The lowest BCUT2D eigenvalue weighted by Gasteiger charge is -2.07. The minimum absolute atomic E-state index is 0.0309. The van der Waals surface area contributed by atoms with Gasteiger partial charge < -0.3 is 10.4 Å². The number of nitrogens with one attached hydrogen (secondary N) is 1. The van der Waals surface area contributed by atoms with Crippen molar-refractivity contribution in [3.8, 4) is 0 Å². The number of aryl methyl sites for hydroxylation is 2. The Morgan fingerprint density at radius 3 is 2.68 bits per heavy atom. The Morgan fingerprint density at radius 1 is 1.21 bits per heavy atom. The van der Waals surface area contributed by atoms with Gasteiger partial charge in [-0.15, -0.1) is 11.3 Å². The number of carboxylic acid groups (broad SMARTS) is 1. The molecule has 1 aromatic rings. The minimum atomic E-state index is -0.890. The van der Waals surface area contributed by atoms with E-state index in [4.69, 9.17) is 5.11 Å². The number of rotatable bonds is 4. The van der Waals surface area contributed by atoms with Gasteiger partial charge in [-0.25, -0.2) is 0 Å². The second-order valence-electron chi connectivity index (χ2n) is 4.87. The van der Waals surface area contributed by atoms with E-state index in [0.717, 1.165) is 17.7 Å². The van der Waals surface area contributed by atoms with Crippen LogP contribution in [0.3, 0.4) is 0 Å². The van der Waals surface area contributed by atoms with E-state index in [1.165, 1.54) is 36.1 Å². The molecule has 0 aromatic carbocycles. The van der Waals surface area contributed by atoms with E-state index in [1.54, 1.807) is 11.3 Å². The second-order valence-corrected chi connectivity index (χ2v) is 6.01. The second kappa shape index (κ2) is 6.70. The molecule has 0 saturated heterocycles. The van der Waals surface area contributed by atoms with Crippen molar-refractivity contribution >= 4 is 23.2 Å². The summed E-state index contributed by atoms with van der Waals surface area (Å²) in [6.45, 7) is 0.191. The fourth-order valence-corrected chi connectivity index (χ4v) is 3.50. The van der Waals surface area contributed by atoms with Gasteiger partial charge in [0, 0.05) is 11.4 Å². The quantitative estimate of drug-likeness (QED) is 0.891. The number of carbonyl (C=O) groups is 2. The van der Waals surface area contributed by atoms with Gasteiger partial charge >= 0.3 is 5.97 Å². The van der Waals surface area contributed by atoms with Crippen molar-refractivity contribution in [2.24, 2.45) is 0 Å². The van der Waals surface area contributed by atoms with Crippen LogP contribution in [0.15, 0.2) is 6.07 Å². The average molecular weight is 281 g/mol. The predicted octanol–water partition coefficient (Wildman–Crippen LogP) is 2.61. The zero-order chi connectivity index (χ0) is 13.7. The first-order valence-corrected chi connectivity index (χ1v) is 7.60. The molecule has 0 saturated carbocycles. The van der Waals surface area contributed by atoms with Gasteiger partial charge in [0.15, 0.2) is 0 Å². The van der Waals surface area contributed by atoms with Gasteiger partial charge in [0.05, 0.1) is 11.3 Å². The molecule has 1 aromatic heterocycles. The van der Waals surface area contributed by atoms with Crippen LogP contribution >= 0.6 is 11.3 Å². The third-order valence-electron chi connectivity index (χ3n) is 3.34. The summed E-state index contributed by atoms with van der Waals surface area (Å²) in [5.41, 5.74) is 1.31. The summed E-state index contributed by atoms with van der Waals surface area (Å²) in [5, 5.41) is 11.2. The van der Waals surface area contributed by atoms with Crippen molar-refractivity contribution in [2.75, 3.05) is 6.54 Å². The van der Waals surface area contributed by atoms with Gasteiger partial charge in [-0.2, -0.15) is 0 Å². The monoisotopic (exact) mass is 281 g/mol. The number of amides is 1. The summed E-state index contributed by atoms with van der Waals surface area (Å²) in [5.74, 6) is -1.03. The number of carboxylic acids is 1. The molecule has 0 fully saturated rings. The van der Waals surface area contributed by atoms with E-state index in [-0.39, 0.29) is 18.9 Å². The van der Waals surface area contributed by atoms with Crippen LogP contribution in [0, 0.1) is 0 Å². The van der Waals surface area contributed by atoms with E-state index < -0.39 is 5.97 Å². The zero-order valence-corrected chi connectivity index (χ0v) is 11.7. The molecule has 0 radical (unpaired) electrons. The Bertz CT molecular complexity index is 442. The summed E-state index contributed by atoms with van der Waals surface area (Å²) < 4.78 is 0. The molecule has 5 heteroatoms. The van der Waals surface area contributed by atoms with Gasteiger partial charge in [0.2, 0.25) is 0 Å². The summed E-state index contributed by atoms with van der Waals surface area (Å²) in [4.78, 5) is 24.4. The number of aliphatic carboxylic acids is 1. The third kappa shape index (κ3) is 4.06. The number of hydrogen-bond acceptors (Lipinski definition) is 3. The highest BCUT2D eigenvalue weighted by atomic mass is 32.1. The maximum absolute atomic E-state index is 11.9. The van der Waals surface area contributed by atoms with Crippen molar-refractivity contribution in [3.05, 3.63) is 21.4 Å². The van der Waals surface area contributed by atoms with E-state index in [0.29, 0.717) is 0 Å². The molecule has 0 bridgehead atoms. The number of fused-ring (bicyclic) bond motifs is 1. The lowest BCUT2D eigenvalue weighted by Crippen LogP contribution is -2.25. The van der Waals surface area contributed by atoms with Crippen molar-refractivity contribution in [3.63, 3.8) is 0 Å². The number of hydrogen-bond donors (Lipinski definition) is 2. The molecule has 0 atom stereocenters. The molecule has 4 nitrogen and oxygen atoms in total. The predicted molar refractivity (Wildman–Crippen MR) is 74.8 cm³/mol. The lowest BCUT2D eigenvalue weighted by atomic mass is 10.00. The summed E-state index contributed by atoms with van der Waals surface area (Å²) >= 11 is 1.57. The maximum Gasteiger partial charge on any atom is 0.305 e. The Balaban J connectivity index is 1.98. The van der Waals surface area contributed by atoms with Gasteiger partial charge in [-0.05, 0) is 37.3 Å². The standard InChI is InChI=1S/C14H19NO3S/c16-13(17)7-8-15-14(18)12-9-10-5-3-1-2-4-6-11(10)19-12/h9H,1-8H2,(H,15,18)(H,16,17). The normalized spacial score (nSPS) is 15.2. The molecule has 0 unspecified atom stereocenters. The Kier molecular flexibility index (Phi) is 4.96. The average Bonchev–Trinajstić information content (AvgIpc) is 2.71. The van der Waals surface area contributed by atoms with Crippen LogP contribution in [-0.2, 0) is 17.6 Å². The number of carbonyl (C=O) groups excluding carboxylic acids is 1. The highest BCUT2D eigenvalue weighted by molar-refractivity contribution is 7.14. The molecule has 0 aliphatic heterocycles. The Hall–Kier alpha value is -1.36. The fraction of sp³-hybridized carbons (Fsp3) is 0.571. The van der Waals surface area contributed by atoms with Crippen LogP contribution in [0.2, 0.25) is 0 Å². The highest BCUT2D eigenvalue weighted by Gasteiger charge is 2.15. The fourth-order valence-electron chi connectivity index (χ4n) is 2.33. The molecule has 1 aliphatic carbocycles. The molecular weight excluding hydrogens is 262 g/mol. The highest BCUT2D eigenvalue weighted by Crippen LogP contribution is 2.28. The molecule has 1 heterocycles. The van der Waals surface area contributed by atoms with Crippen LogP contribution < -0.4 is 5.32 Å². The van der Waals surface area contributed by atoms with Gasteiger partial charge in [-0.3, -0.25) is 9.59 Å². The first-order valence-electron chi connectivity index (χ1n) is 6.78. The van der Waals surface area contributed by atoms with Crippen LogP contribution in [0.4, 0.5) is 0 Å². The Morgan fingerprint density at radius 2 is 1.95 bits per heavy atom. The van der Waals surface area contributed by atoms with E-state index >= 15 is 0 Å². The topological polar surface area (TPSA) is 66.4 Å². The van der Waals surface area contributed by atoms with Crippen LogP contribution in [0.5, 0.6) is 0 Å².